The summed E-state index contributed by atoms with van der Waals surface area (Å²) in [6, 6.07) is 19.0. The Balaban J connectivity index is 1.54. The first-order valence-corrected chi connectivity index (χ1v) is 8.77. The predicted molar refractivity (Wildman–Crippen MR) is 98.3 cm³/mol. The van der Waals surface area contributed by atoms with E-state index < -0.39 is 0 Å². The van der Waals surface area contributed by atoms with E-state index in [0.717, 1.165) is 43.7 Å². The molecule has 1 fully saturated rings. The highest BCUT2D eigenvalue weighted by Crippen LogP contribution is 2.14. The van der Waals surface area contributed by atoms with Crippen molar-refractivity contribution >= 4 is 5.91 Å². The summed E-state index contributed by atoms with van der Waals surface area (Å²) in [5.74, 6) is 0.161. The van der Waals surface area contributed by atoms with Crippen LogP contribution in [0.1, 0.15) is 28.4 Å². The van der Waals surface area contributed by atoms with Gasteiger partial charge in [0.15, 0.2) is 0 Å². The van der Waals surface area contributed by atoms with Crippen LogP contribution in [0.15, 0.2) is 54.6 Å². The molecule has 1 heterocycles. The van der Waals surface area contributed by atoms with Gasteiger partial charge in [0, 0.05) is 37.8 Å². The van der Waals surface area contributed by atoms with Crippen LogP contribution in [0.5, 0.6) is 0 Å². The molecule has 126 valence electrons. The number of hydrogen-bond acceptors (Lipinski definition) is 2. The molecule has 1 atom stereocenters. The number of carbonyl (C=O) groups is 1. The monoisotopic (exact) mass is 322 g/mol. The third-order valence-electron chi connectivity index (χ3n) is 4.86. The Morgan fingerprint density at radius 1 is 1.00 bits per heavy atom. The summed E-state index contributed by atoms with van der Waals surface area (Å²) in [4.78, 5) is 17.1. The summed E-state index contributed by atoms with van der Waals surface area (Å²) in [5.41, 5.74) is 3.32. The number of carbonyl (C=O) groups excluding carboxylic acids is 1. The maximum absolute atomic E-state index is 12.6. The molecule has 0 aromatic heterocycles. The van der Waals surface area contributed by atoms with Crippen molar-refractivity contribution in [2.24, 2.45) is 0 Å². The fraction of sp³-hybridized carbons (Fsp3) is 0.381. The molecule has 3 rings (SSSR count). The molecule has 3 heteroatoms. The van der Waals surface area contributed by atoms with Gasteiger partial charge in [0.25, 0.3) is 5.91 Å². The Morgan fingerprint density at radius 2 is 1.71 bits per heavy atom. The van der Waals surface area contributed by atoms with Crippen LogP contribution in [0.25, 0.3) is 0 Å². The van der Waals surface area contributed by atoms with Gasteiger partial charge in [-0.1, -0.05) is 48.0 Å². The van der Waals surface area contributed by atoms with Crippen molar-refractivity contribution in [3.63, 3.8) is 0 Å². The number of benzene rings is 2. The Bertz CT molecular complexity index is 675. The van der Waals surface area contributed by atoms with E-state index in [1.807, 2.05) is 36.1 Å². The Kier molecular flexibility index (Phi) is 5.31. The lowest BCUT2D eigenvalue weighted by atomic mass is 10.0. The zero-order valence-electron chi connectivity index (χ0n) is 14.6. The maximum atomic E-state index is 12.6. The molecule has 0 N–H and O–H groups in total. The average Bonchev–Trinajstić information content (AvgIpc) is 2.62. The minimum atomic E-state index is 0.161. The van der Waals surface area contributed by atoms with E-state index in [2.05, 4.69) is 42.2 Å². The molecule has 3 nitrogen and oxygen atoms in total. The molecular weight excluding hydrogens is 296 g/mol. The van der Waals surface area contributed by atoms with E-state index in [4.69, 9.17) is 0 Å². The fourth-order valence-electron chi connectivity index (χ4n) is 3.41. The van der Waals surface area contributed by atoms with Crippen LogP contribution in [0.2, 0.25) is 0 Å². The van der Waals surface area contributed by atoms with Crippen LogP contribution in [0.3, 0.4) is 0 Å². The number of hydrogen-bond donors (Lipinski definition) is 0. The highest BCUT2D eigenvalue weighted by Gasteiger charge is 2.24. The largest absolute Gasteiger partial charge is 0.336 e. The summed E-state index contributed by atoms with van der Waals surface area (Å²) >= 11 is 0. The van der Waals surface area contributed by atoms with Gasteiger partial charge in [0.2, 0.25) is 0 Å². The van der Waals surface area contributed by atoms with Gasteiger partial charge in [0.1, 0.15) is 0 Å². The van der Waals surface area contributed by atoms with Crippen molar-refractivity contribution in [1.29, 1.82) is 0 Å². The van der Waals surface area contributed by atoms with Gasteiger partial charge in [-0.25, -0.2) is 0 Å². The van der Waals surface area contributed by atoms with Crippen molar-refractivity contribution in [1.82, 2.24) is 9.80 Å². The first-order valence-electron chi connectivity index (χ1n) is 8.77. The van der Waals surface area contributed by atoms with Gasteiger partial charge in [-0.05, 0) is 38.0 Å². The van der Waals surface area contributed by atoms with Crippen LogP contribution in [0, 0.1) is 6.92 Å². The van der Waals surface area contributed by atoms with Crippen molar-refractivity contribution in [3.8, 4) is 0 Å². The standard InChI is InChI=1S/C21H26N2O/c1-17-7-6-10-20(15-17)21(24)23-13-11-22(12-14-23)18(2)16-19-8-4-3-5-9-19/h3-10,15,18H,11-14,16H2,1-2H3. The minimum Gasteiger partial charge on any atom is -0.336 e. The molecule has 24 heavy (non-hydrogen) atoms. The van der Waals surface area contributed by atoms with Gasteiger partial charge in [-0.2, -0.15) is 0 Å². The normalized spacial score (nSPS) is 16.8. The number of aryl methyl sites for hydroxylation is 1. The molecule has 1 aliphatic rings. The number of nitrogens with zero attached hydrogens (tertiary/aromatic N) is 2. The van der Waals surface area contributed by atoms with E-state index in [-0.39, 0.29) is 5.91 Å². The number of rotatable bonds is 4. The van der Waals surface area contributed by atoms with Gasteiger partial charge >= 0.3 is 0 Å². The Hall–Kier alpha value is -2.13. The van der Waals surface area contributed by atoms with E-state index in [9.17, 15) is 4.79 Å². The molecule has 0 aliphatic carbocycles. The van der Waals surface area contributed by atoms with E-state index in [1.165, 1.54) is 5.56 Å². The van der Waals surface area contributed by atoms with Gasteiger partial charge in [0.05, 0.1) is 0 Å². The van der Waals surface area contributed by atoms with Gasteiger partial charge < -0.3 is 4.90 Å². The summed E-state index contributed by atoms with van der Waals surface area (Å²) in [6.45, 7) is 7.83. The zero-order valence-corrected chi connectivity index (χ0v) is 14.6. The topological polar surface area (TPSA) is 23.6 Å². The summed E-state index contributed by atoms with van der Waals surface area (Å²) in [7, 11) is 0. The van der Waals surface area contributed by atoms with Crippen LogP contribution in [0.4, 0.5) is 0 Å². The van der Waals surface area contributed by atoms with Crippen LogP contribution in [-0.4, -0.2) is 47.9 Å². The molecule has 2 aromatic carbocycles. The lowest BCUT2D eigenvalue weighted by Crippen LogP contribution is -2.51. The highest BCUT2D eigenvalue weighted by molar-refractivity contribution is 5.94. The molecule has 0 radical (unpaired) electrons. The SMILES string of the molecule is Cc1cccc(C(=O)N2CCN(C(C)Cc3ccccc3)CC2)c1. The first kappa shape index (κ1) is 16.7. The molecular formula is C21H26N2O. The minimum absolute atomic E-state index is 0.161. The van der Waals surface area contributed by atoms with Crippen molar-refractivity contribution in [2.45, 2.75) is 26.3 Å². The van der Waals surface area contributed by atoms with Gasteiger partial charge in [-0.15, -0.1) is 0 Å². The first-order chi connectivity index (χ1) is 11.6. The second-order valence-electron chi connectivity index (χ2n) is 6.74. The zero-order chi connectivity index (χ0) is 16.9. The highest BCUT2D eigenvalue weighted by atomic mass is 16.2. The molecule has 1 aliphatic heterocycles. The molecule has 0 saturated carbocycles. The van der Waals surface area contributed by atoms with Crippen molar-refractivity contribution < 1.29 is 4.79 Å². The number of piperazine rings is 1. The molecule has 1 amide bonds. The quantitative estimate of drug-likeness (QED) is 0.861. The Morgan fingerprint density at radius 3 is 2.38 bits per heavy atom. The van der Waals surface area contributed by atoms with Crippen molar-refractivity contribution in [2.75, 3.05) is 26.2 Å². The van der Waals surface area contributed by atoms with Crippen LogP contribution in [-0.2, 0) is 6.42 Å². The van der Waals surface area contributed by atoms with Gasteiger partial charge in [-0.3, -0.25) is 9.69 Å². The predicted octanol–water partition coefficient (Wildman–Crippen LogP) is 3.38. The Labute approximate surface area is 144 Å². The number of amides is 1. The van der Waals surface area contributed by atoms with E-state index in [0.29, 0.717) is 6.04 Å². The third-order valence-corrected chi connectivity index (χ3v) is 4.86. The second kappa shape index (κ2) is 7.63. The van der Waals surface area contributed by atoms with Crippen molar-refractivity contribution in [3.05, 3.63) is 71.3 Å². The molecule has 0 spiro atoms. The smallest absolute Gasteiger partial charge is 0.253 e. The molecule has 1 unspecified atom stereocenters. The lowest BCUT2D eigenvalue weighted by Gasteiger charge is -2.38. The van der Waals surface area contributed by atoms with Crippen LogP contribution >= 0.6 is 0 Å². The summed E-state index contributed by atoms with van der Waals surface area (Å²) in [6.07, 6.45) is 1.06. The van der Waals surface area contributed by atoms with Crippen LogP contribution < -0.4 is 0 Å². The fourth-order valence-corrected chi connectivity index (χ4v) is 3.41. The second-order valence-corrected chi connectivity index (χ2v) is 6.74. The average molecular weight is 322 g/mol. The molecule has 1 saturated heterocycles. The summed E-state index contributed by atoms with van der Waals surface area (Å²) < 4.78 is 0. The lowest BCUT2D eigenvalue weighted by molar-refractivity contribution is 0.0582. The molecule has 2 aromatic rings. The third kappa shape index (κ3) is 4.04. The molecule has 0 bridgehead atoms. The van der Waals surface area contributed by atoms with E-state index >= 15 is 0 Å². The summed E-state index contributed by atoms with van der Waals surface area (Å²) in [5, 5.41) is 0. The van der Waals surface area contributed by atoms with E-state index in [1.54, 1.807) is 0 Å². The maximum Gasteiger partial charge on any atom is 0.253 e.